The van der Waals surface area contributed by atoms with Gasteiger partial charge in [-0.1, -0.05) is 30.3 Å². The average molecular weight is 329 g/mol. The Hall–Kier alpha value is -2.69. The number of sulfonamides is 1. The van der Waals surface area contributed by atoms with Crippen molar-refractivity contribution in [3.05, 3.63) is 65.7 Å². The van der Waals surface area contributed by atoms with E-state index in [1.165, 1.54) is 24.3 Å². The van der Waals surface area contributed by atoms with Gasteiger partial charge in [0.15, 0.2) is 0 Å². The molecule has 2 aromatic rings. The second kappa shape index (κ2) is 7.05. The molecule has 0 amide bonds. The van der Waals surface area contributed by atoms with Gasteiger partial charge in [0.05, 0.1) is 28.5 Å². The largest absolute Gasteiger partial charge is 0.548 e. The second-order valence-electron chi connectivity index (χ2n) is 4.82. The van der Waals surface area contributed by atoms with E-state index in [1.807, 2.05) is 6.07 Å². The number of carbonyl (C=O) groups excluding carboxylic acids is 1. The lowest BCUT2D eigenvalue weighted by Gasteiger charge is -2.20. The molecule has 118 valence electrons. The van der Waals surface area contributed by atoms with Gasteiger partial charge in [0.1, 0.15) is 0 Å². The monoisotopic (exact) mass is 329 g/mol. The summed E-state index contributed by atoms with van der Waals surface area (Å²) in [6.45, 7) is 0. The maximum atomic E-state index is 12.2. The number of carboxylic acid groups (broad SMARTS) is 1. The van der Waals surface area contributed by atoms with E-state index >= 15 is 0 Å². The Labute approximate surface area is 134 Å². The van der Waals surface area contributed by atoms with Crippen LogP contribution < -0.4 is 9.83 Å². The number of hydrogen-bond acceptors (Lipinski definition) is 5. The maximum Gasteiger partial charge on any atom is 0.241 e. The van der Waals surface area contributed by atoms with E-state index in [1.54, 1.807) is 30.3 Å². The number of nitriles is 1. The van der Waals surface area contributed by atoms with Gasteiger partial charge in [-0.2, -0.15) is 5.26 Å². The van der Waals surface area contributed by atoms with E-state index in [9.17, 15) is 18.3 Å². The van der Waals surface area contributed by atoms with Gasteiger partial charge in [-0.3, -0.25) is 0 Å². The Bertz CT molecular complexity index is 825. The predicted octanol–water partition coefficient (Wildman–Crippen LogP) is 0.198. The minimum Gasteiger partial charge on any atom is -0.548 e. The zero-order valence-corrected chi connectivity index (χ0v) is 12.8. The molecule has 0 spiro atoms. The van der Waals surface area contributed by atoms with Gasteiger partial charge >= 0.3 is 0 Å². The van der Waals surface area contributed by atoms with E-state index in [0.29, 0.717) is 11.1 Å². The molecule has 0 saturated carbocycles. The third kappa shape index (κ3) is 4.39. The van der Waals surface area contributed by atoms with Crippen molar-refractivity contribution >= 4 is 16.0 Å². The van der Waals surface area contributed by atoms with Crippen molar-refractivity contribution in [2.45, 2.75) is 17.4 Å². The van der Waals surface area contributed by atoms with E-state index in [0.717, 1.165) is 0 Å². The van der Waals surface area contributed by atoms with Gasteiger partial charge in [0, 0.05) is 0 Å². The van der Waals surface area contributed by atoms with Crippen LogP contribution in [0.5, 0.6) is 0 Å². The summed E-state index contributed by atoms with van der Waals surface area (Å²) in [4.78, 5) is 11.2. The lowest BCUT2D eigenvalue weighted by atomic mass is 10.1. The molecule has 1 N–H and O–H groups in total. The van der Waals surface area contributed by atoms with Gasteiger partial charge in [-0.05, 0) is 36.2 Å². The molecule has 0 radical (unpaired) electrons. The summed E-state index contributed by atoms with van der Waals surface area (Å²) in [6.07, 6.45) is -0.0832. The molecule has 2 aromatic carbocycles. The van der Waals surface area contributed by atoms with Crippen molar-refractivity contribution in [3.8, 4) is 6.07 Å². The Morgan fingerprint density at radius 3 is 2.26 bits per heavy atom. The summed E-state index contributed by atoms with van der Waals surface area (Å²) >= 11 is 0. The fraction of sp³-hybridized carbons (Fsp3) is 0.125. The fourth-order valence-corrected chi connectivity index (χ4v) is 3.18. The van der Waals surface area contributed by atoms with Crippen LogP contribution in [0.3, 0.4) is 0 Å². The first kappa shape index (κ1) is 16.7. The number of nitrogens with zero attached hydrogens (tertiary/aromatic N) is 1. The van der Waals surface area contributed by atoms with Crippen LogP contribution >= 0.6 is 0 Å². The first-order chi connectivity index (χ1) is 10.9. The van der Waals surface area contributed by atoms with Gasteiger partial charge in [0.25, 0.3) is 0 Å². The molecule has 0 saturated heterocycles. The summed E-state index contributed by atoms with van der Waals surface area (Å²) < 4.78 is 26.5. The third-order valence-electron chi connectivity index (χ3n) is 3.16. The molecule has 0 fully saturated rings. The summed E-state index contributed by atoms with van der Waals surface area (Å²) in [5.74, 6) is -1.52. The van der Waals surface area contributed by atoms with Crippen LogP contribution in [0.2, 0.25) is 0 Å². The van der Waals surface area contributed by atoms with Crippen LogP contribution in [0.4, 0.5) is 0 Å². The minimum absolute atomic E-state index is 0.0221. The number of benzene rings is 2. The van der Waals surface area contributed by atoms with Gasteiger partial charge in [-0.15, -0.1) is 0 Å². The first-order valence-corrected chi connectivity index (χ1v) is 8.18. The Morgan fingerprint density at radius 1 is 1.13 bits per heavy atom. The highest BCUT2D eigenvalue weighted by molar-refractivity contribution is 7.89. The molecule has 6 nitrogen and oxygen atoms in total. The molecule has 0 aliphatic rings. The molecule has 7 heteroatoms. The molecular formula is C16H13N2O4S-. The van der Waals surface area contributed by atoms with E-state index in [-0.39, 0.29) is 11.3 Å². The summed E-state index contributed by atoms with van der Waals surface area (Å²) in [7, 11) is -3.96. The molecule has 1 atom stereocenters. The van der Waals surface area contributed by atoms with Crippen LogP contribution in [0.1, 0.15) is 11.1 Å². The van der Waals surface area contributed by atoms with Crippen molar-refractivity contribution in [2.75, 3.05) is 0 Å². The van der Waals surface area contributed by atoms with Crippen LogP contribution in [0, 0.1) is 11.3 Å². The molecule has 0 unspecified atom stereocenters. The van der Waals surface area contributed by atoms with Crippen molar-refractivity contribution in [1.29, 1.82) is 5.26 Å². The number of carboxylic acids is 1. The Balaban J connectivity index is 2.19. The molecule has 0 aliphatic carbocycles. The molecule has 0 aromatic heterocycles. The zero-order valence-electron chi connectivity index (χ0n) is 12.0. The number of carbonyl (C=O) groups is 1. The second-order valence-corrected chi connectivity index (χ2v) is 6.53. The number of hydrogen-bond donors (Lipinski definition) is 1. The molecule has 2 rings (SSSR count). The predicted molar refractivity (Wildman–Crippen MR) is 80.4 cm³/mol. The van der Waals surface area contributed by atoms with Gasteiger partial charge < -0.3 is 9.90 Å². The quantitative estimate of drug-likeness (QED) is 0.814. The molecule has 0 heterocycles. The molecular weight excluding hydrogens is 316 g/mol. The minimum atomic E-state index is -3.96. The first-order valence-electron chi connectivity index (χ1n) is 6.69. The van der Waals surface area contributed by atoms with E-state index in [4.69, 9.17) is 5.26 Å². The normalized spacial score (nSPS) is 12.3. The van der Waals surface area contributed by atoms with Crippen molar-refractivity contribution < 1.29 is 18.3 Å². The maximum absolute atomic E-state index is 12.2. The standard InChI is InChI=1S/C16H14N2O4S/c17-11-13-8-6-12(7-9-13)10-15(16(19)20)18-23(21,22)14-4-2-1-3-5-14/h1-9,15,18H,10H2,(H,19,20)/p-1/t15-/m0/s1. The molecule has 23 heavy (non-hydrogen) atoms. The summed E-state index contributed by atoms with van der Waals surface area (Å²) in [5.41, 5.74) is 1.01. The van der Waals surface area contributed by atoms with Crippen LogP contribution in [0.15, 0.2) is 59.5 Å². The zero-order chi connectivity index (χ0) is 16.9. The molecule has 0 bridgehead atoms. The van der Waals surface area contributed by atoms with Gasteiger partial charge in [-0.25, -0.2) is 13.1 Å². The van der Waals surface area contributed by atoms with Crippen LogP contribution in [-0.4, -0.2) is 20.4 Å². The van der Waals surface area contributed by atoms with Crippen LogP contribution in [-0.2, 0) is 21.2 Å². The smallest absolute Gasteiger partial charge is 0.241 e. The topological polar surface area (TPSA) is 110 Å². The summed E-state index contributed by atoms with van der Waals surface area (Å²) in [6, 6.07) is 14.3. The summed E-state index contributed by atoms with van der Waals surface area (Å²) in [5, 5.41) is 20.0. The molecule has 0 aliphatic heterocycles. The van der Waals surface area contributed by atoms with E-state index < -0.39 is 22.0 Å². The Kier molecular flexibility index (Phi) is 5.11. The number of nitrogens with one attached hydrogen (secondary N) is 1. The highest BCUT2D eigenvalue weighted by Crippen LogP contribution is 2.11. The highest BCUT2D eigenvalue weighted by Gasteiger charge is 2.21. The van der Waals surface area contributed by atoms with Crippen molar-refractivity contribution in [1.82, 2.24) is 4.72 Å². The van der Waals surface area contributed by atoms with Crippen LogP contribution in [0.25, 0.3) is 0 Å². The SMILES string of the molecule is N#Cc1ccc(C[C@H](NS(=O)(=O)c2ccccc2)C(=O)[O-])cc1. The average Bonchev–Trinajstić information content (AvgIpc) is 2.55. The Morgan fingerprint density at radius 2 is 1.74 bits per heavy atom. The van der Waals surface area contributed by atoms with Crippen molar-refractivity contribution in [2.24, 2.45) is 0 Å². The lowest BCUT2D eigenvalue weighted by molar-refractivity contribution is -0.307. The third-order valence-corrected chi connectivity index (χ3v) is 4.65. The highest BCUT2D eigenvalue weighted by atomic mass is 32.2. The van der Waals surface area contributed by atoms with E-state index in [2.05, 4.69) is 4.72 Å². The van der Waals surface area contributed by atoms with Crippen molar-refractivity contribution in [3.63, 3.8) is 0 Å². The fourth-order valence-electron chi connectivity index (χ4n) is 1.98. The van der Waals surface area contributed by atoms with Gasteiger partial charge in [0.2, 0.25) is 10.0 Å². The number of aliphatic carboxylic acids is 1. The number of rotatable bonds is 6. The lowest BCUT2D eigenvalue weighted by Crippen LogP contribution is -2.49.